The molecule has 1 aromatic heterocycles. The van der Waals surface area contributed by atoms with Gasteiger partial charge in [-0.2, -0.15) is 0 Å². The molecule has 0 atom stereocenters. The fourth-order valence-electron chi connectivity index (χ4n) is 2.20. The molecule has 0 fully saturated rings. The predicted octanol–water partition coefficient (Wildman–Crippen LogP) is 2.80. The average molecular weight is 337 g/mol. The second-order valence-electron chi connectivity index (χ2n) is 5.13. The topological polar surface area (TPSA) is 66.2 Å². The van der Waals surface area contributed by atoms with Crippen molar-refractivity contribution in [1.82, 2.24) is 9.97 Å². The van der Waals surface area contributed by atoms with Crippen molar-refractivity contribution in [2.45, 2.75) is 0 Å². The lowest BCUT2D eigenvalue weighted by molar-refractivity contribution is 0.426. The standard InChI is InChI=1S/C12H8N2.C6H6BClO2/c1-2-6-10-9(5-1)13-11-7-3-4-8-12(11)14-10;8-6-3-1-5(2-4-6)7(9)10/h1-8H;1-4,9-10H. The first kappa shape index (κ1) is 16.4. The Labute approximate surface area is 144 Å². The van der Waals surface area contributed by atoms with Crippen LogP contribution in [-0.2, 0) is 0 Å². The predicted molar refractivity (Wildman–Crippen MR) is 98.3 cm³/mol. The van der Waals surface area contributed by atoms with E-state index in [-0.39, 0.29) is 0 Å². The van der Waals surface area contributed by atoms with E-state index in [9.17, 15) is 0 Å². The molecule has 24 heavy (non-hydrogen) atoms. The highest BCUT2D eigenvalue weighted by atomic mass is 35.5. The fraction of sp³-hybridized carbons (Fsp3) is 0. The van der Waals surface area contributed by atoms with Crippen molar-refractivity contribution in [3.05, 3.63) is 77.8 Å². The molecule has 0 spiro atoms. The molecule has 4 rings (SSSR count). The van der Waals surface area contributed by atoms with Crippen LogP contribution in [0.25, 0.3) is 22.1 Å². The van der Waals surface area contributed by atoms with Gasteiger partial charge in [0.1, 0.15) is 0 Å². The average Bonchev–Trinajstić information content (AvgIpc) is 2.61. The Hall–Kier alpha value is -2.47. The quantitative estimate of drug-likeness (QED) is 0.414. The van der Waals surface area contributed by atoms with Crippen LogP contribution in [0.2, 0.25) is 5.02 Å². The summed E-state index contributed by atoms with van der Waals surface area (Å²) in [5.74, 6) is 0. The lowest BCUT2D eigenvalue weighted by Crippen LogP contribution is -2.29. The van der Waals surface area contributed by atoms with Gasteiger partial charge in [-0.15, -0.1) is 0 Å². The summed E-state index contributed by atoms with van der Waals surface area (Å²) in [6.07, 6.45) is 0. The molecular weight excluding hydrogens is 322 g/mol. The van der Waals surface area contributed by atoms with Gasteiger partial charge in [0.2, 0.25) is 0 Å². The first-order valence-electron chi connectivity index (χ1n) is 7.36. The Balaban J connectivity index is 0.000000150. The highest BCUT2D eigenvalue weighted by Crippen LogP contribution is 2.14. The van der Waals surface area contributed by atoms with Gasteiger partial charge in [0.05, 0.1) is 22.1 Å². The van der Waals surface area contributed by atoms with Crippen LogP contribution in [-0.4, -0.2) is 27.1 Å². The van der Waals surface area contributed by atoms with Gasteiger partial charge in [-0.3, -0.25) is 0 Å². The number of halogens is 1. The molecule has 0 bridgehead atoms. The van der Waals surface area contributed by atoms with Gasteiger partial charge < -0.3 is 10.0 Å². The number of rotatable bonds is 1. The van der Waals surface area contributed by atoms with E-state index in [0.29, 0.717) is 10.5 Å². The van der Waals surface area contributed by atoms with Crippen molar-refractivity contribution < 1.29 is 10.0 Å². The molecule has 0 unspecified atom stereocenters. The lowest BCUT2D eigenvalue weighted by atomic mass is 9.81. The number of hydrogen-bond acceptors (Lipinski definition) is 4. The summed E-state index contributed by atoms with van der Waals surface area (Å²) in [5, 5.41) is 17.8. The van der Waals surface area contributed by atoms with Crippen LogP contribution in [0.1, 0.15) is 0 Å². The van der Waals surface area contributed by atoms with E-state index in [2.05, 4.69) is 9.97 Å². The molecule has 0 saturated heterocycles. The third-order valence-electron chi connectivity index (χ3n) is 3.41. The van der Waals surface area contributed by atoms with Crippen LogP contribution < -0.4 is 5.46 Å². The number of fused-ring (bicyclic) bond motifs is 2. The van der Waals surface area contributed by atoms with E-state index in [4.69, 9.17) is 21.6 Å². The summed E-state index contributed by atoms with van der Waals surface area (Å²) in [7, 11) is -1.41. The largest absolute Gasteiger partial charge is 0.488 e. The third-order valence-corrected chi connectivity index (χ3v) is 3.67. The molecule has 0 saturated carbocycles. The van der Waals surface area contributed by atoms with E-state index in [1.807, 2.05) is 48.5 Å². The third kappa shape index (κ3) is 3.89. The zero-order chi connectivity index (χ0) is 16.9. The van der Waals surface area contributed by atoms with Gasteiger partial charge in [-0.1, -0.05) is 48.0 Å². The highest BCUT2D eigenvalue weighted by molar-refractivity contribution is 6.58. The van der Waals surface area contributed by atoms with Crippen molar-refractivity contribution in [3.8, 4) is 0 Å². The maximum absolute atomic E-state index is 8.63. The second-order valence-corrected chi connectivity index (χ2v) is 5.56. The molecule has 3 aromatic carbocycles. The molecule has 4 nitrogen and oxygen atoms in total. The smallest absolute Gasteiger partial charge is 0.423 e. The van der Waals surface area contributed by atoms with Crippen LogP contribution in [0.4, 0.5) is 0 Å². The van der Waals surface area contributed by atoms with Crippen molar-refractivity contribution in [2.75, 3.05) is 0 Å². The molecule has 118 valence electrons. The zero-order valence-corrected chi connectivity index (χ0v) is 13.4. The van der Waals surface area contributed by atoms with Crippen LogP contribution in [0.5, 0.6) is 0 Å². The van der Waals surface area contributed by atoms with E-state index >= 15 is 0 Å². The van der Waals surface area contributed by atoms with Gasteiger partial charge in [0, 0.05) is 5.02 Å². The minimum atomic E-state index is -1.41. The van der Waals surface area contributed by atoms with Crippen molar-refractivity contribution in [1.29, 1.82) is 0 Å². The minimum absolute atomic E-state index is 0.449. The molecule has 6 heteroatoms. The van der Waals surface area contributed by atoms with E-state index < -0.39 is 7.12 Å². The fourth-order valence-corrected chi connectivity index (χ4v) is 2.33. The zero-order valence-electron chi connectivity index (χ0n) is 12.7. The second kappa shape index (κ2) is 7.40. The van der Waals surface area contributed by atoms with Crippen LogP contribution in [0, 0.1) is 0 Å². The monoisotopic (exact) mass is 336 g/mol. The first-order valence-corrected chi connectivity index (χ1v) is 7.74. The van der Waals surface area contributed by atoms with Crippen LogP contribution in [0.15, 0.2) is 72.8 Å². The van der Waals surface area contributed by atoms with E-state index in [0.717, 1.165) is 22.1 Å². The normalized spacial score (nSPS) is 10.3. The van der Waals surface area contributed by atoms with Gasteiger partial charge in [0.15, 0.2) is 0 Å². The van der Waals surface area contributed by atoms with Gasteiger partial charge in [-0.25, -0.2) is 9.97 Å². The Kier molecular flexibility index (Phi) is 5.06. The summed E-state index contributed by atoms with van der Waals surface area (Å²) >= 11 is 5.55. The first-order chi connectivity index (χ1) is 11.6. The van der Waals surface area contributed by atoms with Gasteiger partial charge in [0.25, 0.3) is 0 Å². The lowest BCUT2D eigenvalue weighted by Gasteiger charge is -1.98. The Bertz CT molecular complexity index is 857. The maximum Gasteiger partial charge on any atom is 0.488 e. The summed E-state index contributed by atoms with van der Waals surface area (Å²) in [6.45, 7) is 0. The van der Waals surface area contributed by atoms with Gasteiger partial charge >= 0.3 is 7.12 Å². The van der Waals surface area contributed by atoms with E-state index in [1.165, 1.54) is 0 Å². The van der Waals surface area contributed by atoms with Crippen LogP contribution >= 0.6 is 11.6 Å². The van der Waals surface area contributed by atoms with Crippen molar-refractivity contribution in [3.63, 3.8) is 0 Å². The number of hydrogen-bond donors (Lipinski definition) is 2. The highest BCUT2D eigenvalue weighted by Gasteiger charge is 2.08. The van der Waals surface area contributed by atoms with Crippen molar-refractivity contribution in [2.24, 2.45) is 0 Å². The van der Waals surface area contributed by atoms with Gasteiger partial charge in [-0.05, 0) is 41.9 Å². The minimum Gasteiger partial charge on any atom is -0.423 e. The summed E-state index contributed by atoms with van der Waals surface area (Å²) in [5.41, 5.74) is 4.25. The molecule has 0 aliphatic rings. The molecule has 1 heterocycles. The number of aromatic nitrogens is 2. The molecular formula is C18H14BClN2O2. The van der Waals surface area contributed by atoms with Crippen molar-refractivity contribution >= 4 is 46.2 Å². The molecule has 0 aliphatic heterocycles. The molecule has 2 N–H and O–H groups in total. The molecule has 4 aromatic rings. The number of benzene rings is 3. The maximum atomic E-state index is 8.63. The Morgan fingerprint density at radius 3 is 1.33 bits per heavy atom. The number of para-hydroxylation sites is 4. The van der Waals surface area contributed by atoms with E-state index in [1.54, 1.807) is 24.3 Å². The summed E-state index contributed by atoms with van der Waals surface area (Å²) in [4.78, 5) is 9.03. The summed E-state index contributed by atoms with van der Waals surface area (Å²) < 4.78 is 0. The number of nitrogens with zero attached hydrogens (tertiary/aromatic N) is 2. The Morgan fingerprint density at radius 1 is 0.625 bits per heavy atom. The molecule has 0 radical (unpaired) electrons. The summed E-state index contributed by atoms with van der Waals surface area (Å²) in [6, 6.07) is 22.2. The molecule has 0 aliphatic carbocycles. The SMILES string of the molecule is OB(O)c1ccc(Cl)cc1.c1ccc2nc3ccccc3nc2c1. The molecule has 0 amide bonds. The van der Waals surface area contributed by atoms with Crippen LogP contribution in [0.3, 0.4) is 0 Å². The Morgan fingerprint density at radius 2 is 1.00 bits per heavy atom.